The molecule has 0 radical (unpaired) electrons. The monoisotopic (exact) mass is 334 g/mol. The zero-order valence-electron chi connectivity index (χ0n) is 12.4. The van der Waals surface area contributed by atoms with E-state index in [1.165, 1.54) is 12.1 Å². The van der Waals surface area contributed by atoms with Crippen molar-refractivity contribution in [2.75, 3.05) is 13.2 Å². The van der Waals surface area contributed by atoms with Crippen molar-refractivity contribution in [2.24, 2.45) is 0 Å². The van der Waals surface area contributed by atoms with Crippen LogP contribution in [0, 0.1) is 0 Å². The summed E-state index contributed by atoms with van der Waals surface area (Å²) in [6, 6.07) is 9.18. The Morgan fingerprint density at radius 1 is 1.18 bits per heavy atom. The van der Waals surface area contributed by atoms with Crippen molar-refractivity contribution in [1.29, 1.82) is 0 Å². The maximum Gasteiger partial charge on any atom is 1.00 e. The van der Waals surface area contributed by atoms with E-state index >= 15 is 0 Å². The topological polar surface area (TPSA) is 95.9 Å². The maximum absolute atomic E-state index is 11.0. The number of ether oxygens (including phenoxy) is 2. The third-order valence-corrected chi connectivity index (χ3v) is 3.65. The van der Waals surface area contributed by atoms with Crippen LogP contribution >= 0.6 is 0 Å². The second-order valence-electron chi connectivity index (χ2n) is 4.40. The first kappa shape index (κ1) is 19.4. The number of rotatable bonds is 6. The molecule has 8 heteroatoms. The molecule has 0 aliphatic rings. The summed E-state index contributed by atoms with van der Waals surface area (Å²) >= 11 is 0. The van der Waals surface area contributed by atoms with Crippen molar-refractivity contribution in [3.63, 3.8) is 0 Å². The first-order valence-corrected chi connectivity index (χ1v) is 7.70. The summed E-state index contributed by atoms with van der Waals surface area (Å²) in [4.78, 5) is -0.261. The normalized spacial score (nSPS) is 12.7. The van der Waals surface area contributed by atoms with Crippen molar-refractivity contribution in [2.45, 2.75) is 18.1 Å². The molecule has 2 rings (SSSR count). The summed E-state index contributed by atoms with van der Waals surface area (Å²) in [6.45, 7) is 1.80. The van der Waals surface area contributed by atoms with E-state index in [0.717, 1.165) is 5.39 Å². The van der Waals surface area contributed by atoms with Crippen LogP contribution < -0.4 is 34.3 Å². The van der Waals surface area contributed by atoms with Crippen molar-refractivity contribution in [3.8, 4) is 5.75 Å². The number of benzene rings is 2. The van der Waals surface area contributed by atoms with Crippen molar-refractivity contribution in [3.05, 3.63) is 36.4 Å². The van der Waals surface area contributed by atoms with Gasteiger partial charge in [-0.15, -0.1) is 0 Å². The van der Waals surface area contributed by atoms with E-state index in [9.17, 15) is 13.0 Å². The average molecular weight is 334 g/mol. The summed E-state index contributed by atoms with van der Waals surface area (Å²) in [5.41, 5.74) is 0. The number of fused-ring (bicyclic) bond motifs is 1. The molecule has 0 saturated heterocycles. The van der Waals surface area contributed by atoms with Crippen LogP contribution in [0.2, 0.25) is 0 Å². The Kier molecular flexibility index (Phi) is 7.27. The smallest absolute Gasteiger partial charge is 0.744 e. The molecule has 1 N–H and O–H groups in total. The molecule has 2 aromatic carbocycles. The van der Waals surface area contributed by atoms with Crippen LogP contribution in [0.1, 0.15) is 6.92 Å². The molecule has 0 bridgehead atoms. The van der Waals surface area contributed by atoms with Crippen LogP contribution in [0.5, 0.6) is 5.75 Å². The zero-order valence-corrected chi connectivity index (χ0v) is 15.2. The van der Waals surface area contributed by atoms with Gasteiger partial charge in [0.2, 0.25) is 0 Å². The minimum absolute atomic E-state index is 0. The van der Waals surface area contributed by atoms with Crippen molar-refractivity contribution in [1.82, 2.24) is 0 Å². The summed E-state index contributed by atoms with van der Waals surface area (Å²) < 4.78 is 43.6. The molecule has 0 spiro atoms. The largest absolute Gasteiger partial charge is 1.00 e. The Morgan fingerprint density at radius 2 is 1.82 bits per heavy atom. The van der Waals surface area contributed by atoms with Crippen LogP contribution in [0.15, 0.2) is 41.3 Å². The van der Waals surface area contributed by atoms with E-state index in [-0.39, 0.29) is 47.7 Å². The number of hydrogen-bond donors (Lipinski definition) is 1. The first-order valence-electron chi connectivity index (χ1n) is 6.29. The molecule has 0 heterocycles. The molecule has 22 heavy (non-hydrogen) atoms. The maximum atomic E-state index is 11.0. The molecular formula is C14H15NaO6S. The molecule has 0 amide bonds. The van der Waals surface area contributed by atoms with E-state index in [0.29, 0.717) is 11.1 Å². The van der Waals surface area contributed by atoms with Crippen LogP contribution in [-0.2, 0) is 14.9 Å². The van der Waals surface area contributed by atoms with Gasteiger partial charge in [-0.25, -0.2) is 8.42 Å². The fourth-order valence-corrected chi connectivity index (χ4v) is 2.38. The summed E-state index contributed by atoms with van der Waals surface area (Å²) in [7, 11) is -4.46. The molecule has 0 aromatic heterocycles. The average Bonchev–Trinajstić information content (AvgIpc) is 2.43. The standard InChI is InChI=1S/C14H16O6S.Na/c1-10(19-7-6-15)20-13-4-2-12-9-14(21(16,17)18)5-3-11(12)8-13;/h2-5,8-10,15H,6-7H2,1H3,(H,16,17,18);/q;+1/p-1. The van der Waals surface area contributed by atoms with Gasteiger partial charge in [0.05, 0.1) is 18.1 Å². The third kappa shape index (κ3) is 5.20. The molecule has 1 unspecified atom stereocenters. The molecule has 0 aliphatic heterocycles. The molecule has 0 fully saturated rings. The van der Waals surface area contributed by atoms with Crippen molar-refractivity contribution < 1.29 is 57.1 Å². The SMILES string of the molecule is CC(OCCO)Oc1ccc2cc(S(=O)(=O)[O-])ccc2c1.[Na+]. The van der Waals surface area contributed by atoms with Gasteiger partial charge in [-0.2, -0.15) is 0 Å². The Bertz CT molecular complexity index is 731. The Hall–Kier alpha value is -0.670. The molecule has 1 atom stereocenters. The summed E-state index contributed by atoms with van der Waals surface area (Å²) in [5.74, 6) is 0.547. The van der Waals surface area contributed by atoms with Gasteiger partial charge in [-0.05, 0) is 42.0 Å². The number of hydrogen-bond acceptors (Lipinski definition) is 6. The van der Waals surface area contributed by atoms with Crippen LogP contribution in [-0.4, -0.2) is 37.6 Å². The van der Waals surface area contributed by atoms with Crippen LogP contribution in [0.3, 0.4) is 0 Å². The molecule has 6 nitrogen and oxygen atoms in total. The van der Waals surface area contributed by atoms with E-state index in [1.807, 2.05) is 0 Å². The van der Waals surface area contributed by atoms with E-state index in [1.54, 1.807) is 31.2 Å². The van der Waals surface area contributed by atoms with Gasteiger partial charge >= 0.3 is 29.6 Å². The summed E-state index contributed by atoms with van der Waals surface area (Å²) in [5, 5.41) is 10.0. The van der Waals surface area contributed by atoms with E-state index in [2.05, 4.69) is 0 Å². The second kappa shape index (κ2) is 8.26. The second-order valence-corrected chi connectivity index (χ2v) is 5.78. The van der Waals surface area contributed by atoms with Gasteiger partial charge in [-0.1, -0.05) is 12.1 Å². The fraction of sp³-hybridized carbons (Fsp3) is 0.286. The molecule has 114 valence electrons. The van der Waals surface area contributed by atoms with E-state index in [4.69, 9.17) is 14.6 Å². The van der Waals surface area contributed by atoms with Gasteiger partial charge in [0.1, 0.15) is 15.9 Å². The third-order valence-electron chi connectivity index (χ3n) is 2.82. The number of aliphatic hydroxyl groups is 1. The van der Waals surface area contributed by atoms with Gasteiger partial charge in [0, 0.05) is 0 Å². The van der Waals surface area contributed by atoms with E-state index < -0.39 is 16.4 Å². The Balaban J connectivity index is 0.00000242. The van der Waals surface area contributed by atoms with Gasteiger partial charge < -0.3 is 19.1 Å². The minimum atomic E-state index is -4.46. The first-order chi connectivity index (χ1) is 9.90. The van der Waals surface area contributed by atoms with Crippen LogP contribution in [0.25, 0.3) is 10.8 Å². The minimum Gasteiger partial charge on any atom is -0.744 e. The molecule has 0 aliphatic carbocycles. The molecule has 0 saturated carbocycles. The quantitative estimate of drug-likeness (QED) is 0.392. The van der Waals surface area contributed by atoms with Crippen LogP contribution in [0.4, 0.5) is 0 Å². The predicted molar refractivity (Wildman–Crippen MR) is 75.0 cm³/mol. The Labute approximate surface area is 151 Å². The number of aliphatic hydroxyl groups excluding tert-OH is 1. The summed E-state index contributed by atoms with van der Waals surface area (Å²) in [6.07, 6.45) is -0.518. The molecular weight excluding hydrogens is 319 g/mol. The van der Waals surface area contributed by atoms with Gasteiger partial charge in [0.25, 0.3) is 0 Å². The predicted octanol–water partition coefficient (Wildman–Crippen LogP) is -1.52. The zero-order chi connectivity index (χ0) is 15.5. The van der Waals surface area contributed by atoms with Gasteiger partial charge in [-0.3, -0.25) is 0 Å². The van der Waals surface area contributed by atoms with Gasteiger partial charge in [0.15, 0.2) is 6.29 Å². The fourth-order valence-electron chi connectivity index (χ4n) is 1.88. The Morgan fingerprint density at radius 3 is 2.45 bits per heavy atom. The van der Waals surface area contributed by atoms with Crippen molar-refractivity contribution >= 4 is 20.9 Å². The molecule has 2 aromatic rings.